The van der Waals surface area contributed by atoms with Gasteiger partial charge in [0.2, 0.25) is 0 Å². The maximum atomic E-state index is 10.6. The third-order valence-electron chi connectivity index (χ3n) is 2.81. The van der Waals surface area contributed by atoms with Gasteiger partial charge in [-0.25, -0.2) is 0 Å². The maximum Gasteiger partial charge on any atom is 0.269 e. The molecule has 2 aromatic rings. The van der Waals surface area contributed by atoms with Crippen LogP contribution in [0.25, 0.3) is 11.1 Å². The summed E-state index contributed by atoms with van der Waals surface area (Å²) < 4.78 is 0. The molecular formula is C13H12N2O3. The lowest BCUT2D eigenvalue weighted by Gasteiger charge is -2.10. The topological polar surface area (TPSA) is 89.4 Å². The maximum absolute atomic E-state index is 10.6. The molecular weight excluding hydrogens is 232 g/mol. The van der Waals surface area contributed by atoms with E-state index in [0.29, 0.717) is 16.8 Å². The highest BCUT2D eigenvalue weighted by Crippen LogP contribution is 2.36. The number of hydrogen-bond donors (Lipinski definition) is 2. The Morgan fingerprint density at radius 1 is 1.17 bits per heavy atom. The van der Waals surface area contributed by atoms with E-state index >= 15 is 0 Å². The fourth-order valence-electron chi connectivity index (χ4n) is 1.77. The van der Waals surface area contributed by atoms with E-state index in [2.05, 4.69) is 0 Å². The highest BCUT2D eigenvalue weighted by Gasteiger charge is 2.12. The van der Waals surface area contributed by atoms with Gasteiger partial charge in [0.1, 0.15) is 5.75 Å². The normalized spacial score (nSPS) is 10.3. The monoisotopic (exact) mass is 244 g/mol. The van der Waals surface area contributed by atoms with Gasteiger partial charge in [-0.2, -0.15) is 0 Å². The van der Waals surface area contributed by atoms with Crippen LogP contribution in [0.4, 0.5) is 11.4 Å². The average Bonchev–Trinajstić information content (AvgIpc) is 2.35. The molecule has 0 heterocycles. The molecule has 92 valence electrons. The molecule has 0 saturated heterocycles. The number of phenols is 1. The lowest BCUT2D eigenvalue weighted by Crippen LogP contribution is -1.94. The number of nitro groups is 1. The van der Waals surface area contributed by atoms with Crippen molar-refractivity contribution < 1.29 is 10.0 Å². The van der Waals surface area contributed by atoms with Gasteiger partial charge < -0.3 is 10.8 Å². The first-order chi connectivity index (χ1) is 8.50. The highest BCUT2D eigenvalue weighted by molar-refractivity contribution is 5.83. The smallest absolute Gasteiger partial charge is 0.269 e. The van der Waals surface area contributed by atoms with E-state index in [4.69, 9.17) is 5.73 Å². The number of nitrogen functional groups attached to an aromatic ring is 1. The molecule has 0 aliphatic rings. The Morgan fingerprint density at radius 3 is 2.33 bits per heavy atom. The second-order valence-electron chi connectivity index (χ2n) is 3.99. The van der Waals surface area contributed by atoms with Crippen LogP contribution in [0.3, 0.4) is 0 Å². The largest absolute Gasteiger partial charge is 0.507 e. The van der Waals surface area contributed by atoms with Gasteiger partial charge in [0.05, 0.1) is 4.92 Å². The summed E-state index contributed by atoms with van der Waals surface area (Å²) in [5, 5.41) is 20.4. The van der Waals surface area contributed by atoms with Crippen molar-refractivity contribution in [2.45, 2.75) is 6.92 Å². The Kier molecular flexibility index (Phi) is 2.89. The van der Waals surface area contributed by atoms with Crippen LogP contribution >= 0.6 is 0 Å². The molecule has 18 heavy (non-hydrogen) atoms. The lowest BCUT2D eigenvalue weighted by atomic mass is 9.99. The number of phenolic OH excluding ortho intramolecular Hbond substituents is 1. The van der Waals surface area contributed by atoms with Crippen LogP contribution in [0, 0.1) is 17.0 Å². The van der Waals surface area contributed by atoms with Crippen molar-refractivity contribution in [2.75, 3.05) is 5.73 Å². The van der Waals surface area contributed by atoms with E-state index in [-0.39, 0.29) is 11.4 Å². The van der Waals surface area contributed by atoms with E-state index in [1.54, 1.807) is 24.3 Å². The molecule has 0 spiro atoms. The van der Waals surface area contributed by atoms with Crippen molar-refractivity contribution in [1.82, 2.24) is 0 Å². The van der Waals surface area contributed by atoms with Crippen molar-refractivity contribution in [1.29, 1.82) is 0 Å². The molecule has 0 aliphatic carbocycles. The quantitative estimate of drug-likeness (QED) is 0.483. The molecule has 2 aromatic carbocycles. The summed E-state index contributed by atoms with van der Waals surface area (Å²) in [7, 11) is 0. The Bertz CT molecular complexity index is 606. The second kappa shape index (κ2) is 4.37. The van der Waals surface area contributed by atoms with Crippen LogP contribution in [0.2, 0.25) is 0 Å². The first kappa shape index (κ1) is 11.9. The first-order valence-electron chi connectivity index (χ1n) is 5.33. The summed E-state index contributed by atoms with van der Waals surface area (Å²) in [6.45, 7) is 1.84. The fourth-order valence-corrected chi connectivity index (χ4v) is 1.77. The number of hydrogen-bond acceptors (Lipinski definition) is 4. The first-order valence-corrected chi connectivity index (χ1v) is 5.33. The predicted octanol–water partition coefficient (Wildman–Crippen LogP) is 2.86. The van der Waals surface area contributed by atoms with E-state index in [9.17, 15) is 15.2 Å². The van der Waals surface area contributed by atoms with Gasteiger partial charge in [-0.15, -0.1) is 0 Å². The van der Waals surface area contributed by atoms with Crippen LogP contribution in [0.15, 0.2) is 36.4 Å². The third-order valence-corrected chi connectivity index (χ3v) is 2.81. The fraction of sp³-hybridized carbons (Fsp3) is 0.0769. The highest BCUT2D eigenvalue weighted by atomic mass is 16.6. The molecule has 5 nitrogen and oxygen atoms in total. The SMILES string of the molecule is Cc1ccc(O)c(-c2ccc([N+](=O)[O-])cc2)c1N. The minimum Gasteiger partial charge on any atom is -0.507 e. The number of anilines is 1. The Morgan fingerprint density at radius 2 is 1.78 bits per heavy atom. The Labute approximate surface area is 104 Å². The average molecular weight is 244 g/mol. The van der Waals surface area contributed by atoms with Gasteiger partial charge in [-0.05, 0) is 36.2 Å². The van der Waals surface area contributed by atoms with E-state index in [1.807, 2.05) is 6.92 Å². The molecule has 0 aliphatic heterocycles. The van der Waals surface area contributed by atoms with Crippen LogP contribution in [0.5, 0.6) is 5.75 Å². The number of aromatic hydroxyl groups is 1. The summed E-state index contributed by atoms with van der Waals surface area (Å²) in [5.41, 5.74) is 8.40. The Hall–Kier alpha value is -2.56. The zero-order chi connectivity index (χ0) is 13.3. The van der Waals surface area contributed by atoms with Crippen LogP contribution in [-0.4, -0.2) is 10.0 Å². The molecule has 0 fully saturated rings. The van der Waals surface area contributed by atoms with Crippen LogP contribution < -0.4 is 5.73 Å². The number of non-ortho nitro benzene ring substituents is 1. The third kappa shape index (κ3) is 1.98. The van der Waals surface area contributed by atoms with Crippen molar-refractivity contribution in [3.05, 3.63) is 52.1 Å². The summed E-state index contributed by atoms with van der Waals surface area (Å²) in [6, 6.07) is 9.20. The zero-order valence-electron chi connectivity index (χ0n) is 9.75. The van der Waals surface area contributed by atoms with Gasteiger partial charge in [0, 0.05) is 23.4 Å². The van der Waals surface area contributed by atoms with E-state index < -0.39 is 4.92 Å². The number of rotatable bonds is 2. The van der Waals surface area contributed by atoms with Gasteiger partial charge >= 0.3 is 0 Å². The molecule has 5 heteroatoms. The van der Waals surface area contributed by atoms with Gasteiger partial charge in [-0.3, -0.25) is 10.1 Å². The van der Waals surface area contributed by atoms with Crippen LogP contribution in [-0.2, 0) is 0 Å². The summed E-state index contributed by atoms with van der Waals surface area (Å²) in [5.74, 6) is 0.0620. The van der Waals surface area contributed by atoms with Crippen molar-refractivity contribution in [2.24, 2.45) is 0 Å². The molecule has 0 radical (unpaired) electrons. The lowest BCUT2D eigenvalue weighted by molar-refractivity contribution is -0.384. The summed E-state index contributed by atoms with van der Waals surface area (Å²) in [6.07, 6.45) is 0. The van der Waals surface area contributed by atoms with Crippen LogP contribution in [0.1, 0.15) is 5.56 Å². The molecule has 0 saturated carbocycles. The molecule has 0 aromatic heterocycles. The minimum absolute atomic E-state index is 0.00413. The molecule has 0 unspecified atom stereocenters. The number of aryl methyl sites for hydroxylation is 1. The molecule has 2 rings (SSSR count). The standard InChI is InChI=1S/C13H12N2O3/c1-8-2-7-11(16)12(13(8)14)9-3-5-10(6-4-9)15(17)18/h2-7,16H,14H2,1H3. The van der Waals surface area contributed by atoms with Gasteiger partial charge in [-0.1, -0.05) is 6.07 Å². The van der Waals surface area contributed by atoms with E-state index in [0.717, 1.165) is 5.56 Å². The number of nitrogens with zero attached hydrogens (tertiary/aromatic N) is 1. The zero-order valence-corrected chi connectivity index (χ0v) is 9.75. The molecule has 0 bridgehead atoms. The second-order valence-corrected chi connectivity index (χ2v) is 3.99. The van der Waals surface area contributed by atoms with E-state index in [1.165, 1.54) is 12.1 Å². The summed E-state index contributed by atoms with van der Waals surface area (Å²) >= 11 is 0. The van der Waals surface area contributed by atoms with Crippen molar-refractivity contribution in [3.8, 4) is 16.9 Å². The predicted molar refractivity (Wildman–Crippen MR) is 69.3 cm³/mol. The van der Waals surface area contributed by atoms with Gasteiger partial charge in [0.25, 0.3) is 5.69 Å². The number of nitro benzene ring substituents is 1. The summed E-state index contributed by atoms with van der Waals surface area (Å²) in [4.78, 5) is 10.1. The van der Waals surface area contributed by atoms with Gasteiger partial charge in [0.15, 0.2) is 0 Å². The van der Waals surface area contributed by atoms with Crippen molar-refractivity contribution >= 4 is 11.4 Å². The minimum atomic E-state index is -0.469. The number of benzene rings is 2. The number of nitrogens with two attached hydrogens (primary N) is 1. The Balaban J connectivity index is 2.55. The molecule has 0 atom stereocenters. The van der Waals surface area contributed by atoms with Crippen molar-refractivity contribution in [3.63, 3.8) is 0 Å². The molecule has 0 amide bonds. The molecule has 3 N–H and O–H groups in total.